The van der Waals surface area contributed by atoms with Crippen molar-refractivity contribution in [1.29, 1.82) is 0 Å². The Hall–Kier alpha value is -2.19. The fourth-order valence-corrected chi connectivity index (χ4v) is 5.39. The van der Waals surface area contributed by atoms with Gasteiger partial charge < -0.3 is 4.90 Å². The molecule has 9 heteroatoms. The molecule has 4 rings (SSSR count). The zero-order valence-corrected chi connectivity index (χ0v) is 17.7. The van der Waals surface area contributed by atoms with Crippen molar-refractivity contribution in [3.05, 3.63) is 70.7 Å². The summed E-state index contributed by atoms with van der Waals surface area (Å²) >= 11 is 12.1. The summed E-state index contributed by atoms with van der Waals surface area (Å²) in [4.78, 5) is 2.06. The van der Waals surface area contributed by atoms with Gasteiger partial charge in [-0.1, -0.05) is 53.5 Å². The molecule has 0 aliphatic carbocycles. The first-order valence-corrected chi connectivity index (χ1v) is 11.2. The van der Waals surface area contributed by atoms with Crippen LogP contribution >= 0.6 is 23.2 Å². The number of anilines is 1. The Bertz CT molecular complexity index is 1100. The van der Waals surface area contributed by atoms with Crippen LogP contribution in [0.5, 0.6) is 0 Å². The van der Waals surface area contributed by atoms with Crippen LogP contribution in [0.1, 0.15) is 0 Å². The van der Waals surface area contributed by atoms with Crippen LogP contribution in [0.25, 0.3) is 11.3 Å². The van der Waals surface area contributed by atoms with E-state index in [1.54, 1.807) is 6.07 Å². The minimum absolute atomic E-state index is 0.0344. The lowest BCUT2D eigenvalue weighted by atomic mass is 10.1. The van der Waals surface area contributed by atoms with Gasteiger partial charge in [-0.25, -0.2) is 8.42 Å². The molecular formula is C20H18Cl2N4O2S. The number of aromatic nitrogens is 2. The van der Waals surface area contributed by atoms with Crippen LogP contribution in [-0.4, -0.2) is 49.1 Å². The highest BCUT2D eigenvalue weighted by molar-refractivity contribution is 7.89. The zero-order valence-electron chi connectivity index (χ0n) is 15.4. The van der Waals surface area contributed by atoms with E-state index in [0.29, 0.717) is 31.2 Å². The standard InChI is InChI=1S/C20H18Cl2N4O2S/c21-16-6-7-17(22)19(14-16)29(27,28)26-12-10-25(11-13-26)20-9-8-18(23-24-20)15-4-2-1-3-5-15/h1-9,14H,10-13H2. The molecule has 0 spiro atoms. The highest BCUT2D eigenvalue weighted by Crippen LogP contribution is 2.29. The minimum atomic E-state index is -3.71. The van der Waals surface area contributed by atoms with E-state index in [2.05, 4.69) is 10.2 Å². The summed E-state index contributed by atoms with van der Waals surface area (Å²) in [7, 11) is -3.71. The van der Waals surface area contributed by atoms with Gasteiger partial charge in [-0.05, 0) is 30.3 Å². The maximum atomic E-state index is 12.9. The summed E-state index contributed by atoms with van der Waals surface area (Å²) in [6, 6.07) is 18.1. The summed E-state index contributed by atoms with van der Waals surface area (Å²) in [5.41, 5.74) is 1.80. The molecule has 29 heavy (non-hydrogen) atoms. The van der Waals surface area contributed by atoms with Gasteiger partial charge in [0, 0.05) is 36.8 Å². The fourth-order valence-electron chi connectivity index (χ4n) is 3.23. The van der Waals surface area contributed by atoms with Crippen LogP contribution in [0.15, 0.2) is 65.6 Å². The van der Waals surface area contributed by atoms with Gasteiger partial charge in [0.1, 0.15) is 4.90 Å². The van der Waals surface area contributed by atoms with Gasteiger partial charge in [0.15, 0.2) is 5.82 Å². The second-order valence-corrected chi connectivity index (χ2v) is 9.36. The van der Waals surface area contributed by atoms with E-state index in [4.69, 9.17) is 23.2 Å². The first kappa shape index (κ1) is 20.1. The molecule has 1 fully saturated rings. The van der Waals surface area contributed by atoms with Crippen molar-refractivity contribution in [2.75, 3.05) is 31.1 Å². The Labute approximate surface area is 179 Å². The number of piperazine rings is 1. The molecule has 1 aliphatic rings. The predicted octanol–water partition coefficient (Wildman–Crippen LogP) is 3.96. The molecule has 0 unspecified atom stereocenters. The number of nitrogens with zero attached hydrogens (tertiary/aromatic N) is 4. The zero-order chi connectivity index (χ0) is 20.4. The lowest BCUT2D eigenvalue weighted by Gasteiger charge is -2.34. The van der Waals surface area contributed by atoms with E-state index >= 15 is 0 Å². The number of hydrogen-bond acceptors (Lipinski definition) is 5. The monoisotopic (exact) mass is 448 g/mol. The predicted molar refractivity (Wildman–Crippen MR) is 115 cm³/mol. The number of benzene rings is 2. The normalized spacial score (nSPS) is 15.4. The summed E-state index contributed by atoms with van der Waals surface area (Å²) in [6.07, 6.45) is 0. The molecule has 1 aromatic heterocycles. The lowest BCUT2D eigenvalue weighted by molar-refractivity contribution is 0.383. The van der Waals surface area contributed by atoms with Crippen molar-refractivity contribution >= 4 is 39.0 Å². The maximum absolute atomic E-state index is 12.9. The second kappa shape index (κ2) is 8.28. The molecule has 0 bridgehead atoms. The molecule has 3 aromatic rings. The molecule has 0 radical (unpaired) electrons. The molecule has 2 heterocycles. The van der Waals surface area contributed by atoms with Crippen molar-refractivity contribution in [2.24, 2.45) is 0 Å². The van der Waals surface area contributed by atoms with Gasteiger partial charge in [-0.15, -0.1) is 10.2 Å². The molecule has 0 atom stereocenters. The van der Waals surface area contributed by atoms with Crippen molar-refractivity contribution in [2.45, 2.75) is 4.90 Å². The molecule has 1 saturated heterocycles. The summed E-state index contributed by atoms with van der Waals surface area (Å²) in [6.45, 7) is 1.67. The van der Waals surface area contributed by atoms with Crippen LogP contribution in [0.2, 0.25) is 10.0 Å². The average molecular weight is 449 g/mol. The van der Waals surface area contributed by atoms with Crippen LogP contribution in [0.3, 0.4) is 0 Å². The highest BCUT2D eigenvalue weighted by atomic mass is 35.5. The van der Waals surface area contributed by atoms with Crippen molar-refractivity contribution in [1.82, 2.24) is 14.5 Å². The molecule has 0 N–H and O–H groups in total. The van der Waals surface area contributed by atoms with E-state index in [0.717, 1.165) is 17.1 Å². The largest absolute Gasteiger partial charge is 0.352 e. The van der Waals surface area contributed by atoms with E-state index in [1.165, 1.54) is 16.4 Å². The number of sulfonamides is 1. The fraction of sp³-hybridized carbons (Fsp3) is 0.200. The Balaban J connectivity index is 1.46. The summed E-state index contributed by atoms with van der Waals surface area (Å²) < 4.78 is 27.3. The minimum Gasteiger partial charge on any atom is -0.352 e. The van der Waals surface area contributed by atoms with Gasteiger partial charge in [0.25, 0.3) is 0 Å². The van der Waals surface area contributed by atoms with Gasteiger partial charge in [-0.2, -0.15) is 4.31 Å². The van der Waals surface area contributed by atoms with E-state index in [-0.39, 0.29) is 9.92 Å². The summed E-state index contributed by atoms with van der Waals surface area (Å²) in [5, 5.41) is 9.12. The molecule has 150 valence electrons. The van der Waals surface area contributed by atoms with Gasteiger partial charge >= 0.3 is 0 Å². The quantitative estimate of drug-likeness (QED) is 0.603. The number of hydrogen-bond donors (Lipinski definition) is 0. The lowest BCUT2D eigenvalue weighted by Crippen LogP contribution is -2.49. The maximum Gasteiger partial charge on any atom is 0.244 e. The smallest absolute Gasteiger partial charge is 0.244 e. The van der Waals surface area contributed by atoms with Gasteiger partial charge in [0.05, 0.1) is 10.7 Å². The van der Waals surface area contributed by atoms with Gasteiger partial charge in [-0.3, -0.25) is 0 Å². The van der Waals surface area contributed by atoms with E-state index < -0.39 is 10.0 Å². The summed E-state index contributed by atoms with van der Waals surface area (Å²) in [5.74, 6) is 0.725. The third-order valence-corrected chi connectivity index (χ3v) is 7.41. The highest BCUT2D eigenvalue weighted by Gasteiger charge is 2.30. The Morgan fingerprint density at radius 1 is 0.828 bits per heavy atom. The Kier molecular flexibility index (Phi) is 5.74. The Morgan fingerprint density at radius 3 is 2.21 bits per heavy atom. The molecule has 1 aliphatic heterocycles. The van der Waals surface area contributed by atoms with Crippen LogP contribution in [-0.2, 0) is 10.0 Å². The molecular weight excluding hydrogens is 431 g/mol. The topological polar surface area (TPSA) is 66.4 Å². The van der Waals surface area contributed by atoms with Gasteiger partial charge in [0.2, 0.25) is 10.0 Å². The number of halogens is 2. The SMILES string of the molecule is O=S(=O)(c1cc(Cl)ccc1Cl)N1CCN(c2ccc(-c3ccccc3)nn2)CC1. The van der Waals surface area contributed by atoms with E-state index in [1.807, 2.05) is 47.4 Å². The molecule has 0 saturated carbocycles. The van der Waals surface area contributed by atoms with Crippen molar-refractivity contribution < 1.29 is 8.42 Å². The van der Waals surface area contributed by atoms with E-state index in [9.17, 15) is 8.42 Å². The van der Waals surface area contributed by atoms with Crippen LogP contribution in [0.4, 0.5) is 5.82 Å². The molecule has 2 aromatic carbocycles. The van der Waals surface area contributed by atoms with Crippen molar-refractivity contribution in [3.63, 3.8) is 0 Å². The first-order valence-electron chi connectivity index (χ1n) is 9.04. The Morgan fingerprint density at radius 2 is 1.55 bits per heavy atom. The van der Waals surface area contributed by atoms with Crippen LogP contribution < -0.4 is 4.90 Å². The average Bonchev–Trinajstić information content (AvgIpc) is 2.76. The molecule has 0 amide bonds. The molecule has 6 nitrogen and oxygen atoms in total. The first-order chi connectivity index (χ1) is 13.9. The number of rotatable bonds is 4. The third-order valence-electron chi connectivity index (χ3n) is 4.79. The van der Waals surface area contributed by atoms with Crippen molar-refractivity contribution in [3.8, 4) is 11.3 Å². The third kappa shape index (κ3) is 4.23. The van der Waals surface area contributed by atoms with Crippen LogP contribution in [0, 0.1) is 0 Å². The second-order valence-electron chi connectivity index (χ2n) is 6.61.